The van der Waals surface area contributed by atoms with Gasteiger partial charge >= 0.3 is 5.69 Å². The Balaban J connectivity index is 2.43. The second-order valence-electron chi connectivity index (χ2n) is 5.48. The van der Waals surface area contributed by atoms with Gasteiger partial charge in [0.1, 0.15) is 29.3 Å². The average Bonchev–Trinajstić information content (AvgIpc) is 2.48. The third-order valence-electron chi connectivity index (χ3n) is 3.76. The molecular weight excluding hydrogens is 302 g/mol. The van der Waals surface area contributed by atoms with Crippen molar-refractivity contribution in [2.75, 3.05) is 0 Å². The van der Waals surface area contributed by atoms with Crippen LogP contribution in [0.15, 0.2) is 33.9 Å². The summed E-state index contributed by atoms with van der Waals surface area (Å²) in [4.78, 5) is 28.3. The molecule has 2 heterocycles. The van der Waals surface area contributed by atoms with E-state index >= 15 is 0 Å². The quantitative estimate of drug-likeness (QED) is 0.316. The Kier molecular flexibility index (Phi) is 3.63. The van der Waals surface area contributed by atoms with Crippen molar-refractivity contribution in [1.29, 1.82) is 0 Å². The molecule has 5 N–H and O–H groups in total. The molecule has 8 heteroatoms. The van der Waals surface area contributed by atoms with E-state index in [-0.39, 0.29) is 23.3 Å². The number of hydrogen-bond acceptors (Lipinski definition) is 5. The molecule has 0 bridgehead atoms. The summed E-state index contributed by atoms with van der Waals surface area (Å²) < 4.78 is 1.50. The van der Waals surface area contributed by atoms with Crippen LogP contribution in [0.1, 0.15) is 6.92 Å². The van der Waals surface area contributed by atoms with Gasteiger partial charge < -0.3 is 15.3 Å². The highest BCUT2D eigenvalue weighted by Crippen LogP contribution is 2.19. The smallest absolute Gasteiger partial charge is 0.413 e. The molecule has 0 saturated heterocycles. The Bertz CT molecular complexity index is 1010. The fourth-order valence-electron chi connectivity index (χ4n) is 2.52. The van der Waals surface area contributed by atoms with Gasteiger partial charge in [0.05, 0.1) is 6.10 Å². The van der Waals surface area contributed by atoms with Gasteiger partial charge in [0.2, 0.25) is 0 Å². The zero-order valence-corrected chi connectivity index (χ0v) is 12.3. The predicted molar refractivity (Wildman–Crippen MR) is 82.2 cm³/mol. The highest BCUT2D eigenvalue weighted by molar-refractivity contribution is 5.87. The number of phenols is 1. The molecule has 0 unspecified atom stereocenters. The largest absolute Gasteiger partial charge is 0.508 e. The minimum atomic E-state index is -1.11. The second-order valence-corrected chi connectivity index (χ2v) is 5.48. The Labute approximate surface area is 129 Å². The van der Waals surface area contributed by atoms with Gasteiger partial charge in [-0.15, -0.1) is 0 Å². The van der Waals surface area contributed by atoms with Crippen LogP contribution in [0.25, 0.3) is 21.9 Å². The lowest BCUT2D eigenvalue weighted by Crippen LogP contribution is -2.46. The van der Waals surface area contributed by atoms with Crippen LogP contribution in [-0.4, -0.2) is 37.5 Å². The summed E-state index contributed by atoms with van der Waals surface area (Å²) in [6, 6.07) is 6.15. The van der Waals surface area contributed by atoms with Gasteiger partial charge in [0, 0.05) is 11.5 Å². The Hall–Kier alpha value is -2.71. The molecule has 2 atom stereocenters. The molecule has 0 fully saturated rings. The minimum Gasteiger partial charge on any atom is -0.508 e. The normalized spacial score (nSPS) is 14.2. The van der Waals surface area contributed by atoms with Gasteiger partial charge in [-0.25, -0.2) is 9.36 Å². The number of fused-ring (bicyclic) bond motifs is 2. The molecule has 23 heavy (non-hydrogen) atoms. The van der Waals surface area contributed by atoms with Gasteiger partial charge in [-0.1, -0.05) is 0 Å². The number of pyridine rings is 1. The zero-order chi connectivity index (χ0) is 16.7. The number of benzene rings is 1. The number of aromatic amines is 2. The highest BCUT2D eigenvalue weighted by Gasteiger charge is 2.22. The van der Waals surface area contributed by atoms with Crippen LogP contribution < -0.4 is 15.8 Å². The highest BCUT2D eigenvalue weighted by atomic mass is 16.3. The van der Waals surface area contributed by atoms with Crippen molar-refractivity contribution >= 4 is 21.9 Å². The molecule has 0 amide bonds. The fraction of sp³-hybridized carbons (Fsp3) is 0.267. The number of aliphatic hydroxyl groups is 2. The van der Waals surface area contributed by atoms with Crippen LogP contribution in [-0.2, 0) is 6.54 Å². The van der Waals surface area contributed by atoms with Crippen LogP contribution in [0.3, 0.4) is 0 Å². The summed E-state index contributed by atoms with van der Waals surface area (Å²) in [5.41, 5.74) is -0.517. The standard InChI is InChI=1S/C15H15N3O5/c1-7(19)12(21)6-18-11-5-9(20)3-2-8(11)4-10-13(18)16-15(23)17-14(10)22/h2-5,7,12,19,21H,6H2,1H3,(H2,16,17,20,22,23)/p+1/t7-,12+/m1/s1. The van der Waals surface area contributed by atoms with Crippen LogP contribution >= 0.6 is 0 Å². The average molecular weight is 318 g/mol. The van der Waals surface area contributed by atoms with E-state index in [1.54, 1.807) is 12.1 Å². The van der Waals surface area contributed by atoms with E-state index in [4.69, 9.17) is 0 Å². The number of phenolic OH excluding ortho intramolecular Hbond substituents is 1. The van der Waals surface area contributed by atoms with Crippen molar-refractivity contribution in [2.24, 2.45) is 0 Å². The Morgan fingerprint density at radius 1 is 1.17 bits per heavy atom. The molecule has 3 rings (SSSR count). The first-order valence-electron chi connectivity index (χ1n) is 7.05. The monoisotopic (exact) mass is 318 g/mol. The molecule has 3 aromatic rings. The molecule has 120 valence electrons. The van der Waals surface area contributed by atoms with Crippen molar-refractivity contribution in [2.45, 2.75) is 25.7 Å². The maximum atomic E-state index is 12.0. The number of aromatic hydroxyl groups is 1. The van der Waals surface area contributed by atoms with Gasteiger partial charge in [-0.05, 0) is 25.1 Å². The molecule has 2 aromatic heterocycles. The predicted octanol–water partition coefficient (Wildman–Crippen LogP) is -0.896. The lowest BCUT2D eigenvalue weighted by Gasteiger charge is -2.14. The van der Waals surface area contributed by atoms with E-state index in [9.17, 15) is 24.9 Å². The van der Waals surface area contributed by atoms with E-state index in [2.05, 4.69) is 9.97 Å². The van der Waals surface area contributed by atoms with Crippen molar-refractivity contribution in [1.82, 2.24) is 9.97 Å². The number of hydrogen-bond donors (Lipinski definition) is 5. The summed E-state index contributed by atoms with van der Waals surface area (Å²) in [7, 11) is 0. The van der Waals surface area contributed by atoms with E-state index in [1.165, 1.54) is 23.6 Å². The second kappa shape index (κ2) is 5.49. The van der Waals surface area contributed by atoms with E-state index in [1.807, 2.05) is 0 Å². The van der Waals surface area contributed by atoms with Crippen LogP contribution in [0.5, 0.6) is 5.75 Å². The van der Waals surface area contributed by atoms with E-state index in [0.717, 1.165) is 0 Å². The topological polar surface area (TPSA) is 130 Å². The van der Waals surface area contributed by atoms with Crippen molar-refractivity contribution in [3.8, 4) is 5.75 Å². The summed E-state index contributed by atoms with van der Waals surface area (Å²) >= 11 is 0. The van der Waals surface area contributed by atoms with Crippen molar-refractivity contribution < 1.29 is 19.9 Å². The number of nitrogens with one attached hydrogen (secondary N) is 2. The first-order valence-corrected chi connectivity index (χ1v) is 7.05. The van der Waals surface area contributed by atoms with Crippen LogP contribution in [0, 0.1) is 0 Å². The fourth-order valence-corrected chi connectivity index (χ4v) is 2.52. The summed E-state index contributed by atoms with van der Waals surface area (Å²) in [5, 5.41) is 30.1. The maximum Gasteiger partial charge on any atom is 0.413 e. The van der Waals surface area contributed by atoms with Crippen LogP contribution in [0.4, 0.5) is 0 Å². The number of nitrogens with zero attached hydrogens (tertiary/aromatic N) is 1. The first-order chi connectivity index (χ1) is 10.9. The van der Waals surface area contributed by atoms with Crippen molar-refractivity contribution in [3.63, 3.8) is 0 Å². The molecule has 1 aromatic carbocycles. The molecule has 8 nitrogen and oxygen atoms in total. The number of aromatic nitrogens is 3. The lowest BCUT2D eigenvalue weighted by molar-refractivity contribution is -0.656. The zero-order valence-electron chi connectivity index (χ0n) is 12.3. The molecular formula is C15H16N3O5+. The molecule has 0 radical (unpaired) electrons. The lowest BCUT2D eigenvalue weighted by atomic mass is 10.1. The summed E-state index contributed by atoms with van der Waals surface area (Å²) in [5.74, 6) is 0.00400. The minimum absolute atomic E-state index is 0.00400. The van der Waals surface area contributed by atoms with Crippen molar-refractivity contribution in [3.05, 3.63) is 45.1 Å². The third kappa shape index (κ3) is 2.69. The number of H-pyrrole nitrogens is 2. The molecule has 0 aliphatic carbocycles. The first kappa shape index (κ1) is 15.2. The molecule has 0 spiro atoms. The van der Waals surface area contributed by atoms with E-state index in [0.29, 0.717) is 10.9 Å². The Morgan fingerprint density at radius 3 is 2.61 bits per heavy atom. The van der Waals surface area contributed by atoms with Crippen LogP contribution in [0.2, 0.25) is 0 Å². The van der Waals surface area contributed by atoms with Gasteiger partial charge in [0.15, 0.2) is 0 Å². The molecule has 0 aliphatic heterocycles. The van der Waals surface area contributed by atoms with Gasteiger partial charge in [-0.3, -0.25) is 9.78 Å². The van der Waals surface area contributed by atoms with Gasteiger partial charge in [0.25, 0.3) is 11.2 Å². The molecule has 0 aliphatic rings. The summed E-state index contributed by atoms with van der Waals surface area (Å²) in [6.07, 6.45) is -2.11. The molecule has 0 saturated carbocycles. The van der Waals surface area contributed by atoms with Gasteiger partial charge in [-0.2, -0.15) is 4.98 Å². The Morgan fingerprint density at radius 2 is 1.91 bits per heavy atom. The SMILES string of the molecule is C[C@@H](O)[C@@H](O)C[n+]1c2cc(O)ccc2cc2c(=O)[nH]c(=O)[nH]c21. The summed E-state index contributed by atoms with van der Waals surface area (Å²) in [6.45, 7) is 1.37. The number of rotatable bonds is 3. The van der Waals surface area contributed by atoms with E-state index < -0.39 is 23.5 Å². The number of aliphatic hydroxyl groups excluding tert-OH is 2. The third-order valence-corrected chi connectivity index (χ3v) is 3.76. The maximum absolute atomic E-state index is 12.0.